The number of amides is 1. The highest BCUT2D eigenvalue weighted by Gasteiger charge is 2.39. The van der Waals surface area contributed by atoms with Gasteiger partial charge in [-0.3, -0.25) is 4.79 Å². The van der Waals surface area contributed by atoms with Crippen LogP contribution >= 0.6 is 0 Å². The molecule has 6 nitrogen and oxygen atoms in total. The lowest BCUT2D eigenvalue weighted by molar-refractivity contribution is 0.0753. The Morgan fingerprint density at radius 1 is 0.938 bits per heavy atom. The molecule has 0 spiro atoms. The maximum atomic E-state index is 13.4. The molecule has 7 heteroatoms. The van der Waals surface area contributed by atoms with Gasteiger partial charge in [-0.15, -0.1) is 0 Å². The van der Waals surface area contributed by atoms with Crippen molar-refractivity contribution in [2.75, 3.05) is 19.6 Å². The predicted octanol–water partition coefficient (Wildman–Crippen LogP) is 3.90. The Labute approximate surface area is 190 Å². The zero-order chi connectivity index (χ0) is 22.7. The lowest BCUT2D eigenvalue weighted by Crippen LogP contribution is -2.41. The van der Waals surface area contributed by atoms with Crippen LogP contribution in [0.25, 0.3) is 0 Å². The van der Waals surface area contributed by atoms with Crippen LogP contribution in [-0.2, 0) is 10.0 Å². The fourth-order valence-electron chi connectivity index (χ4n) is 4.83. The van der Waals surface area contributed by atoms with E-state index < -0.39 is 15.3 Å². The molecule has 3 atom stereocenters. The highest BCUT2D eigenvalue weighted by atomic mass is 32.2. The van der Waals surface area contributed by atoms with Gasteiger partial charge < -0.3 is 10.0 Å². The minimum Gasteiger partial charge on any atom is -0.393 e. The molecule has 0 bridgehead atoms. The zero-order valence-corrected chi connectivity index (χ0v) is 19.4. The third kappa shape index (κ3) is 4.75. The molecule has 0 radical (unpaired) electrons. The number of likely N-dealkylation sites (tertiary alicyclic amines) is 1. The number of nitrogens with zero attached hydrogens (tertiary/aromatic N) is 2. The second kappa shape index (κ2) is 9.73. The number of carbonyl (C=O) groups is 1. The third-order valence-corrected chi connectivity index (χ3v) is 9.14. The van der Waals surface area contributed by atoms with Gasteiger partial charge in [0.05, 0.1) is 6.10 Å². The number of aliphatic hydroxyl groups excluding tert-OH is 1. The first-order valence-electron chi connectivity index (χ1n) is 11.5. The Morgan fingerprint density at radius 3 is 2.34 bits per heavy atom. The fraction of sp³-hybridized carbons (Fsp3) is 0.480. The average molecular weight is 457 g/mol. The number of carbonyl (C=O) groups excluding carboxylic acids is 1. The van der Waals surface area contributed by atoms with Gasteiger partial charge in [0.25, 0.3) is 5.91 Å². The molecule has 2 aromatic carbocycles. The Balaban J connectivity index is 1.49. The van der Waals surface area contributed by atoms with Crippen LogP contribution in [0.1, 0.15) is 71.8 Å². The number of benzene rings is 2. The Hall–Kier alpha value is -2.22. The van der Waals surface area contributed by atoms with E-state index in [2.05, 4.69) is 0 Å². The molecule has 2 aliphatic rings. The first-order chi connectivity index (χ1) is 15.4. The van der Waals surface area contributed by atoms with Crippen LogP contribution in [0.2, 0.25) is 0 Å². The first-order valence-corrected chi connectivity index (χ1v) is 13.0. The number of sulfonamides is 1. The summed E-state index contributed by atoms with van der Waals surface area (Å²) in [5, 5.41) is 9.31. The lowest BCUT2D eigenvalue weighted by Gasteiger charge is -2.36. The normalized spacial score (nSPS) is 25.1. The number of hydrogen-bond donors (Lipinski definition) is 1. The van der Waals surface area contributed by atoms with Gasteiger partial charge in [-0.25, -0.2) is 8.42 Å². The van der Waals surface area contributed by atoms with Crippen LogP contribution in [0.15, 0.2) is 54.6 Å². The zero-order valence-electron chi connectivity index (χ0n) is 18.6. The van der Waals surface area contributed by atoms with Gasteiger partial charge in [0, 0.05) is 31.2 Å². The summed E-state index contributed by atoms with van der Waals surface area (Å²) in [4.78, 5) is 14.7. The third-order valence-electron chi connectivity index (χ3n) is 6.76. The van der Waals surface area contributed by atoms with Crippen LogP contribution in [0.4, 0.5) is 0 Å². The summed E-state index contributed by atoms with van der Waals surface area (Å²) in [7, 11) is -3.48. The van der Waals surface area contributed by atoms with Crippen molar-refractivity contribution in [1.82, 2.24) is 9.21 Å². The maximum Gasteiger partial charge on any atom is 0.253 e. The molecule has 2 aliphatic heterocycles. The van der Waals surface area contributed by atoms with Crippen LogP contribution in [0.3, 0.4) is 0 Å². The summed E-state index contributed by atoms with van der Waals surface area (Å²) in [6.07, 6.45) is 3.26. The van der Waals surface area contributed by atoms with Crippen LogP contribution in [-0.4, -0.2) is 54.4 Å². The van der Waals surface area contributed by atoms with Crippen molar-refractivity contribution in [3.8, 4) is 0 Å². The molecule has 0 saturated carbocycles. The smallest absolute Gasteiger partial charge is 0.253 e. The van der Waals surface area contributed by atoms with E-state index in [9.17, 15) is 18.3 Å². The molecule has 3 unspecified atom stereocenters. The van der Waals surface area contributed by atoms with Crippen molar-refractivity contribution in [1.29, 1.82) is 0 Å². The van der Waals surface area contributed by atoms with Crippen molar-refractivity contribution in [2.45, 2.75) is 56.4 Å². The van der Waals surface area contributed by atoms with Gasteiger partial charge in [0.1, 0.15) is 5.25 Å². The van der Waals surface area contributed by atoms with E-state index in [1.807, 2.05) is 49.4 Å². The van der Waals surface area contributed by atoms with E-state index in [-0.39, 0.29) is 18.1 Å². The SMILES string of the molecule is CC(c1ccc(C(=O)N2CCCC(O)CC2)cc1)N1CCCC(c2ccccc2)S1(=O)=O. The lowest BCUT2D eigenvalue weighted by atomic mass is 10.0. The molecular formula is C25H32N2O4S. The molecular weight excluding hydrogens is 424 g/mol. The summed E-state index contributed by atoms with van der Waals surface area (Å²) in [6.45, 7) is 3.63. The van der Waals surface area contributed by atoms with E-state index in [0.29, 0.717) is 38.0 Å². The summed E-state index contributed by atoms with van der Waals surface area (Å²) in [5.74, 6) is -0.0342. The van der Waals surface area contributed by atoms with E-state index in [0.717, 1.165) is 30.4 Å². The van der Waals surface area contributed by atoms with E-state index in [1.165, 1.54) is 0 Å². The maximum absolute atomic E-state index is 13.4. The largest absolute Gasteiger partial charge is 0.393 e. The summed E-state index contributed by atoms with van der Waals surface area (Å²) < 4.78 is 28.4. The van der Waals surface area contributed by atoms with Gasteiger partial charge >= 0.3 is 0 Å². The summed E-state index contributed by atoms with van der Waals surface area (Å²) in [5.41, 5.74) is 2.32. The minimum atomic E-state index is -3.48. The minimum absolute atomic E-state index is 0.0342. The molecule has 0 aliphatic carbocycles. The van der Waals surface area contributed by atoms with Crippen molar-refractivity contribution in [3.63, 3.8) is 0 Å². The molecule has 2 aromatic rings. The molecule has 2 fully saturated rings. The molecule has 4 rings (SSSR count). The highest BCUT2D eigenvalue weighted by molar-refractivity contribution is 7.89. The molecule has 1 amide bonds. The fourth-order valence-corrected chi connectivity index (χ4v) is 7.07. The first kappa shape index (κ1) is 23.0. The Kier molecular flexibility index (Phi) is 6.98. The second-order valence-electron chi connectivity index (χ2n) is 8.87. The topological polar surface area (TPSA) is 77.9 Å². The van der Waals surface area contributed by atoms with Crippen molar-refractivity contribution < 1.29 is 18.3 Å². The van der Waals surface area contributed by atoms with E-state index in [4.69, 9.17) is 0 Å². The van der Waals surface area contributed by atoms with E-state index >= 15 is 0 Å². The van der Waals surface area contributed by atoms with Gasteiger partial charge in [0.2, 0.25) is 10.0 Å². The van der Waals surface area contributed by atoms with Gasteiger partial charge in [-0.1, -0.05) is 42.5 Å². The van der Waals surface area contributed by atoms with Crippen LogP contribution in [0, 0.1) is 0 Å². The van der Waals surface area contributed by atoms with Gasteiger partial charge in [-0.05, 0) is 62.3 Å². The average Bonchev–Trinajstić information content (AvgIpc) is 3.03. The van der Waals surface area contributed by atoms with Crippen LogP contribution in [0.5, 0.6) is 0 Å². The van der Waals surface area contributed by atoms with E-state index in [1.54, 1.807) is 21.3 Å². The molecule has 172 valence electrons. The molecule has 1 N–H and O–H groups in total. The van der Waals surface area contributed by atoms with Crippen LogP contribution < -0.4 is 0 Å². The molecule has 2 saturated heterocycles. The molecule has 0 aromatic heterocycles. The number of hydrogen-bond acceptors (Lipinski definition) is 4. The summed E-state index contributed by atoms with van der Waals surface area (Å²) >= 11 is 0. The van der Waals surface area contributed by atoms with Gasteiger partial charge in [0.15, 0.2) is 0 Å². The van der Waals surface area contributed by atoms with Gasteiger partial charge in [-0.2, -0.15) is 4.31 Å². The second-order valence-corrected chi connectivity index (χ2v) is 10.9. The Bertz CT molecular complexity index is 1020. The monoisotopic (exact) mass is 456 g/mol. The van der Waals surface area contributed by atoms with Crippen molar-refractivity contribution >= 4 is 15.9 Å². The summed E-state index contributed by atoms with van der Waals surface area (Å²) in [6, 6.07) is 16.5. The highest BCUT2D eigenvalue weighted by Crippen LogP contribution is 2.38. The quantitative estimate of drug-likeness (QED) is 0.757. The number of aliphatic hydroxyl groups is 1. The standard InChI is InChI=1S/C25H32N2O4S/c1-19(27-17-6-10-24(32(27,30)31)21-7-3-2-4-8-21)20-11-13-22(14-12-20)25(29)26-16-5-9-23(28)15-18-26/h2-4,7-8,11-14,19,23-24,28H,5-6,9-10,15-18H2,1H3. The predicted molar refractivity (Wildman–Crippen MR) is 125 cm³/mol. The molecule has 32 heavy (non-hydrogen) atoms. The number of rotatable bonds is 4. The van der Waals surface area contributed by atoms with Crippen molar-refractivity contribution in [2.24, 2.45) is 0 Å². The molecule has 2 heterocycles. The Morgan fingerprint density at radius 2 is 1.62 bits per heavy atom. The van der Waals surface area contributed by atoms with Crippen molar-refractivity contribution in [3.05, 3.63) is 71.3 Å².